The highest BCUT2D eigenvalue weighted by Gasteiger charge is 1.91. The third kappa shape index (κ3) is 1.03. The molecule has 0 N–H and O–H groups in total. The molecule has 1 aromatic heterocycles. The second kappa shape index (κ2) is 1.66. The molecule has 0 saturated carbocycles. The fourth-order valence-electron chi connectivity index (χ4n) is 0.296. The monoisotopic (exact) mass is 160 g/mol. The van der Waals surface area contributed by atoms with Crippen LogP contribution in [0.15, 0.2) is 9.19 Å². The first kappa shape index (κ1) is 4.84. The summed E-state index contributed by atoms with van der Waals surface area (Å²) >= 11 is 3.05. The quantitative estimate of drug-likeness (QED) is 0.576. The average molecular weight is 161 g/mol. The SMILES string of the molecule is Cc1[c]c(Br)on1. The van der Waals surface area contributed by atoms with Gasteiger partial charge in [0.2, 0.25) is 4.67 Å². The van der Waals surface area contributed by atoms with E-state index < -0.39 is 0 Å². The molecule has 3 heteroatoms. The summed E-state index contributed by atoms with van der Waals surface area (Å²) in [6.07, 6.45) is 0. The van der Waals surface area contributed by atoms with E-state index in [0.717, 1.165) is 5.69 Å². The van der Waals surface area contributed by atoms with Gasteiger partial charge in [-0.25, -0.2) is 0 Å². The van der Waals surface area contributed by atoms with Crippen LogP contribution in [0.25, 0.3) is 0 Å². The van der Waals surface area contributed by atoms with Crippen LogP contribution < -0.4 is 0 Å². The standard InChI is InChI=1S/C4H3BrNO/c1-3-2-4(5)7-6-3/h1H3. The number of hydrogen-bond acceptors (Lipinski definition) is 2. The van der Waals surface area contributed by atoms with Gasteiger partial charge in [0.05, 0.1) is 11.8 Å². The van der Waals surface area contributed by atoms with Crippen molar-refractivity contribution in [2.75, 3.05) is 0 Å². The number of rotatable bonds is 0. The molecule has 0 fully saturated rings. The maximum absolute atomic E-state index is 4.58. The lowest BCUT2D eigenvalue weighted by Gasteiger charge is -1.62. The van der Waals surface area contributed by atoms with Crippen LogP contribution in [0.1, 0.15) is 5.69 Å². The Labute approximate surface area is 49.6 Å². The molecule has 1 rings (SSSR count). The molecule has 2 nitrogen and oxygen atoms in total. The molecular formula is C4H3BrNO. The van der Waals surface area contributed by atoms with E-state index in [1.807, 2.05) is 6.92 Å². The minimum absolute atomic E-state index is 0.560. The van der Waals surface area contributed by atoms with Crippen LogP contribution in [0.5, 0.6) is 0 Å². The van der Waals surface area contributed by atoms with Crippen molar-refractivity contribution in [1.29, 1.82) is 0 Å². The Balaban J connectivity index is 3.04. The van der Waals surface area contributed by atoms with E-state index >= 15 is 0 Å². The lowest BCUT2D eigenvalue weighted by Crippen LogP contribution is -1.60. The molecule has 1 heterocycles. The van der Waals surface area contributed by atoms with Gasteiger partial charge in [-0.15, -0.1) is 0 Å². The number of halogens is 1. The zero-order valence-electron chi connectivity index (χ0n) is 3.73. The summed E-state index contributed by atoms with van der Waals surface area (Å²) in [4.78, 5) is 0. The number of hydrogen-bond donors (Lipinski definition) is 0. The van der Waals surface area contributed by atoms with E-state index in [-0.39, 0.29) is 0 Å². The molecule has 7 heavy (non-hydrogen) atoms. The van der Waals surface area contributed by atoms with Gasteiger partial charge in [-0.1, -0.05) is 5.16 Å². The van der Waals surface area contributed by atoms with Gasteiger partial charge in [0.15, 0.2) is 0 Å². The van der Waals surface area contributed by atoms with Gasteiger partial charge >= 0.3 is 0 Å². The highest BCUT2D eigenvalue weighted by Crippen LogP contribution is 2.07. The molecular weight excluding hydrogens is 158 g/mol. The fourth-order valence-corrected chi connectivity index (χ4v) is 0.656. The molecule has 1 radical (unpaired) electrons. The summed E-state index contributed by atoms with van der Waals surface area (Å²) in [6.45, 7) is 1.81. The van der Waals surface area contributed by atoms with E-state index in [9.17, 15) is 0 Å². The van der Waals surface area contributed by atoms with Gasteiger partial charge in [0.1, 0.15) is 0 Å². The third-order valence-electron chi connectivity index (χ3n) is 0.542. The number of aryl methyl sites for hydroxylation is 1. The molecule has 0 unspecified atom stereocenters. The van der Waals surface area contributed by atoms with Crippen LogP contribution in [0.3, 0.4) is 0 Å². The zero-order valence-corrected chi connectivity index (χ0v) is 5.32. The molecule has 0 aliphatic rings. The van der Waals surface area contributed by atoms with Crippen molar-refractivity contribution in [3.63, 3.8) is 0 Å². The molecule has 0 bridgehead atoms. The topological polar surface area (TPSA) is 26.0 Å². The van der Waals surface area contributed by atoms with E-state index in [1.165, 1.54) is 0 Å². The molecule has 37 valence electrons. The summed E-state index contributed by atoms with van der Waals surface area (Å²) in [5.41, 5.74) is 0.770. The van der Waals surface area contributed by atoms with E-state index in [0.29, 0.717) is 4.67 Å². The Morgan fingerprint density at radius 1 is 1.86 bits per heavy atom. The Hall–Kier alpha value is -0.310. The van der Waals surface area contributed by atoms with Gasteiger partial charge in [0, 0.05) is 0 Å². The second-order valence-electron chi connectivity index (χ2n) is 1.17. The van der Waals surface area contributed by atoms with Gasteiger partial charge in [-0.2, -0.15) is 0 Å². The summed E-state index contributed by atoms with van der Waals surface area (Å²) in [7, 11) is 0. The first-order chi connectivity index (χ1) is 3.29. The van der Waals surface area contributed by atoms with Crippen molar-refractivity contribution in [2.24, 2.45) is 0 Å². The maximum atomic E-state index is 4.58. The van der Waals surface area contributed by atoms with Crippen molar-refractivity contribution in [3.05, 3.63) is 16.4 Å². The molecule has 0 amide bonds. The van der Waals surface area contributed by atoms with E-state index in [1.54, 1.807) is 0 Å². The normalized spacial score (nSPS) is 9.43. The highest BCUT2D eigenvalue weighted by atomic mass is 79.9. The molecule has 0 spiro atoms. The van der Waals surface area contributed by atoms with E-state index in [2.05, 4.69) is 31.7 Å². The average Bonchev–Trinajstić information content (AvgIpc) is 1.87. The summed E-state index contributed by atoms with van der Waals surface area (Å²) < 4.78 is 5.14. The largest absolute Gasteiger partial charge is 0.348 e. The predicted octanol–water partition coefficient (Wildman–Crippen LogP) is 1.55. The van der Waals surface area contributed by atoms with Crippen LogP contribution in [0.4, 0.5) is 0 Å². The maximum Gasteiger partial charge on any atom is 0.210 e. The minimum Gasteiger partial charge on any atom is -0.348 e. The lowest BCUT2D eigenvalue weighted by molar-refractivity contribution is 0.395. The predicted molar refractivity (Wildman–Crippen MR) is 27.8 cm³/mol. The van der Waals surface area contributed by atoms with Gasteiger partial charge in [-0.05, 0) is 22.9 Å². The smallest absolute Gasteiger partial charge is 0.210 e. The Morgan fingerprint density at radius 2 is 2.57 bits per heavy atom. The minimum atomic E-state index is 0.560. The Bertz CT molecular complexity index is 144. The molecule has 0 atom stereocenters. The molecule has 1 aromatic rings. The van der Waals surface area contributed by atoms with Gasteiger partial charge < -0.3 is 4.52 Å². The first-order valence-corrected chi connectivity index (χ1v) is 2.59. The van der Waals surface area contributed by atoms with Crippen molar-refractivity contribution >= 4 is 15.9 Å². The molecule has 0 aliphatic carbocycles. The summed E-state index contributed by atoms with van der Waals surface area (Å²) in [6, 6.07) is 2.78. The molecule has 0 aliphatic heterocycles. The number of nitrogens with zero attached hydrogens (tertiary/aromatic N) is 1. The second-order valence-corrected chi connectivity index (χ2v) is 1.89. The van der Waals surface area contributed by atoms with Crippen LogP contribution >= 0.6 is 15.9 Å². The van der Waals surface area contributed by atoms with Crippen molar-refractivity contribution < 1.29 is 4.52 Å². The van der Waals surface area contributed by atoms with Gasteiger partial charge in [-0.3, -0.25) is 0 Å². The van der Waals surface area contributed by atoms with Gasteiger partial charge in [0.25, 0.3) is 0 Å². The van der Waals surface area contributed by atoms with Crippen LogP contribution in [0, 0.1) is 13.0 Å². The van der Waals surface area contributed by atoms with Crippen molar-refractivity contribution in [2.45, 2.75) is 6.92 Å². The van der Waals surface area contributed by atoms with Crippen molar-refractivity contribution in [1.82, 2.24) is 5.16 Å². The lowest BCUT2D eigenvalue weighted by atomic mass is 10.5. The number of aromatic nitrogens is 1. The van der Waals surface area contributed by atoms with Crippen LogP contribution in [0.2, 0.25) is 0 Å². The highest BCUT2D eigenvalue weighted by molar-refractivity contribution is 9.10. The first-order valence-electron chi connectivity index (χ1n) is 1.80. The fraction of sp³-hybridized carbons (Fsp3) is 0.250. The zero-order chi connectivity index (χ0) is 5.28. The van der Waals surface area contributed by atoms with E-state index in [4.69, 9.17) is 0 Å². The Kier molecular flexibility index (Phi) is 1.15. The van der Waals surface area contributed by atoms with Crippen LogP contribution in [-0.4, -0.2) is 5.16 Å². The molecule has 0 aromatic carbocycles. The van der Waals surface area contributed by atoms with Crippen molar-refractivity contribution in [3.8, 4) is 0 Å². The summed E-state index contributed by atoms with van der Waals surface area (Å²) in [5, 5.41) is 3.54. The third-order valence-corrected chi connectivity index (χ3v) is 0.885. The summed E-state index contributed by atoms with van der Waals surface area (Å²) in [5.74, 6) is 0. The Morgan fingerprint density at radius 3 is 2.71 bits per heavy atom. The van der Waals surface area contributed by atoms with Crippen LogP contribution in [-0.2, 0) is 0 Å². The molecule has 0 saturated heterocycles.